The maximum absolute atomic E-state index is 12.9. The number of nitrogens with one attached hydrogen (secondary N) is 1. The summed E-state index contributed by atoms with van der Waals surface area (Å²) in [5, 5.41) is 0. The SMILES string of the molecule is C=C=C(C(=O)OCc1ccccc1)C(NS(=O)(=O)c1ccccc1)c1ccccc1. The van der Waals surface area contributed by atoms with Crippen LogP contribution in [0.3, 0.4) is 0 Å². The van der Waals surface area contributed by atoms with Gasteiger partial charge in [-0.25, -0.2) is 13.2 Å². The number of rotatable bonds is 8. The summed E-state index contributed by atoms with van der Waals surface area (Å²) in [7, 11) is -3.91. The fraction of sp³-hybridized carbons (Fsp3) is 0.0833. The zero-order valence-electron chi connectivity index (χ0n) is 16.2. The van der Waals surface area contributed by atoms with Crippen molar-refractivity contribution in [3.63, 3.8) is 0 Å². The summed E-state index contributed by atoms with van der Waals surface area (Å²) >= 11 is 0. The lowest BCUT2D eigenvalue weighted by atomic mass is 10.0. The van der Waals surface area contributed by atoms with Crippen LogP contribution in [0.1, 0.15) is 17.2 Å². The number of carbonyl (C=O) groups is 1. The molecule has 3 rings (SSSR count). The molecule has 30 heavy (non-hydrogen) atoms. The second-order valence-electron chi connectivity index (χ2n) is 6.43. The minimum Gasteiger partial charge on any atom is -0.457 e. The Morgan fingerprint density at radius 2 is 1.43 bits per heavy atom. The van der Waals surface area contributed by atoms with Gasteiger partial charge in [-0.2, -0.15) is 4.72 Å². The first kappa shape index (κ1) is 21.3. The molecule has 1 atom stereocenters. The maximum Gasteiger partial charge on any atom is 0.344 e. The number of carbonyl (C=O) groups excluding carboxylic acids is 1. The highest BCUT2D eigenvalue weighted by molar-refractivity contribution is 7.89. The summed E-state index contributed by atoms with van der Waals surface area (Å²) in [4.78, 5) is 12.9. The third kappa shape index (κ3) is 5.33. The fourth-order valence-corrected chi connectivity index (χ4v) is 4.07. The molecule has 0 amide bonds. The van der Waals surface area contributed by atoms with Crippen molar-refractivity contribution in [3.05, 3.63) is 120 Å². The Bertz CT molecular complexity index is 1140. The maximum atomic E-state index is 12.9. The third-order valence-electron chi connectivity index (χ3n) is 4.37. The molecule has 0 aliphatic carbocycles. The second kappa shape index (κ2) is 9.85. The van der Waals surface area contributed by atoms with Gasteiger partial charge in [-0.3, -0.25) is 0 Å². The van der Waals surface area contributed by atoms with Crippen molar-refractivity contribution in [2.75, 3.05) is 0 Å². The van der Waals surface area contributed by atoms with E-state index in [0.29, 0.717) is 5.56 Å². The molecule has 6 heteroatoms. The minimum atomic E-state index is -3.91. The molecule has 0 aliphatic rings. The lowest BCUT2D eigenvalue weighted by Gasteiger charge is -2.20. The van der Waals surface area contributed by atoms with Crippen molar-refractivity contribution in [2.45, 2.75) is 17.5 Å². The highest BCUT2D eigenvalue weighted by atomic mass is 32.2. The highest BCUT2D eigenvalue weighted by Crippen LogP contribution is 2.25. The smallest absolute Gasteiger partial charge is 0.344 e. The van der Waals surface area contributed by atoms with Gasteiger partial charge in [-0.15, -0.1) is 5.73 Å². The van der Waals surface area contributed by atoms with Gasteiger partial charge in [0.2, 0.25) is 10.0 Å². The zero-order chi connectivity index (χ0) is 21.4. The van der Waals surface area contributed by atoms with Gasteiger partial charge in [-0.1, -0.05) is 85.4 Å². The van der Waals surface area contributed by atoms with Crippen molar-refractivity contribution in [3.8, 4) is 0 Å². The summed E-state index contributed by atoms with van der Waals surface area (Å²) in [5.74, 6) is -0.696. The van der Waals surface area contributed by atoms with Crippen molar-refractivity contribution in [2.24, 2.45) is 0 Å². The molecule has 0 radical (unpaired) electrons. The van der Waals surface area contributed by atoms with Crippen LogP contribution in [0, 0.1) is 0 Å². The van der Waals surface area contributed by atoms with Gasteiger partial charge in [-0.05, 0) is 23.3 Å². The highest BCUT2D eigenvalue weighted by Gasteiger charge is 2.29. The molecule has 1 N–H and O–H groups in total. The predicted octanol–water partition coefficient (Wildman–Crippen LogP) is 4.16. The molecular formula is C24H21NO4S. The van der Waals surface area contributed by atoms with Crippen LogP contribution in [0.5, 0.6) is 0 Å². The van der Waals surface area contributed by atoms with Crippen LogP contribution in [0.15, 0.2) is 114 Å². The molecule has 1 unspecified atom stereocenters. The van der Waals surface area contributed by atoms with Crippen LogP contribution in [0.2, 0.25) is 0 Å². The summed E-state index contributed by atoms with van der Waals surface area (Å²) in [5.41, 5.74) is 3.94. The average Bonchev–Trinajstić information content (AvgIpc) is 2.79. The number of sulfonamides is 1. The van der Waals surface area contributed by atoms with Gasteiger partial charge >= 0.3 is 5.97 Å². The van der Waals surface area contributed by atoms with Gasteiger partial charge in [0.25, 0.3) is 0 Å². The first-order chi connectivity index (χ1) is 14.5. The molecule has 0 saturated carbocycles. The van der Waals surface area contributed by atoms with E-state index in [0.717, 1.165) is 5.56 Å². The van der Waals surface area contributed by atoms with Crippen molar-refractivity contribution < 1.29 is 17.9 Å². The molecule has 3 aromatic rings. The van der Waals surface area contributed by atoms with Gasteiger partial charge < -0.3 is 4.74 Å². The van der Waals surface area contributed by atoms with Gasteiger partial charge in [0.05, 0.1) is 10.9 Å². The molecule has 0 fully saturated rings. The fourth-order valence-electron chi connectivity index (χ4n) is 2.85. The number of hydrogen-bond acceptors (Lipinski definition) is 4. The van der Waals surface area contributed by atoms with Crippen molar-refractivity contribution in [1.29, 1.82) is 0 Å². The molecule has 152 valence electrons. The standard InChI is InChI=1S/C24H21NO4S/c1-2-22(24(26)29-18-19-12-6-3-7-13-19)23(20-14-8-4-9-15-20)25-30(27,28)21-16-10-5-11-17-21/h3-17,23,25H,1,18H2. The Morgan fingerprint density at radius 3 is 2.00 bits per heavy atom. The van der Waals surface area contributed by atoms with Crippen LogP contribution in [-0.2, 0) is 26.2 Å². The van der Waals surface area contributed by atoms with E-state index in [2.05, 4.69) is 17.0 Å². The largest absolute Gasteiger partial charge is 0.457 e. The Morgan fingerprint density at radius 1 is 0.900 bits per heavy atom. The lowest BCUT2D eigenvalue weighted by Crippen LogP contribution is -2.32. The van der Waals surface area contributed by atoms with E-state index >= 15 is 0 Å². The van der Waals surface area contributed by atoms with Crippen LogP contribution in [-0.4, -0.2) is 14.4 Å². The predicted molar refractivity (Wildman–Crippen MR) is 115 cm³/mol. The summed E-state index contributed by atoms with van der Waals surface area (Å²) < 4.78 is 33.8. The van der Waals surface area contributed by atoms with Crippen molar-refractivity contribution in [1.82, 2.24) is 4.72 Å². The van der Waals surface area contributed by atoms with E-state index in [4.69, 9.17) is 4.74 Å². The zero-order valence-corrected chi connectivity index (χ0v) is 17.0. The quantitative estimate of drug-likeness (QED) is 0.338. The molecule has 3 aromatic carbocycles. The number of benzene rings is 3. The van der Waals surface area contributed by atoms with E-state index in [-0.39, 0.29) is 17.1 Å². The van der Waals surface area contributed by atoms with E-state index in [1.807, 2.05) is 30.3 Å². The molecule has 5 nitrogen and oxygen atoms in total. The van der Waals surface area contributed by atoms with E-state index in [9.17, 15) is 13.2 Å². The van der Waals surface area contributed by atoms with Gasteiger partial charge in [0.15, 0.2) is 0 Å². The van der Waals surface area contributed by atoms with E-state index in [1.54, 1.807) is 48.5 Å². The van der Waals surface area contributed by atoms with Gasteiger partial charge in [0, 0.05) is 0 Å². The summed E-state index contributed by atoms with van der Waals surface area (Å²) in [6, 6.07) is 24.9. The third-order valence-corrected chi connectivity index (χ3v) is 5.81. The normalized spacial score (nSPS) is 11.9. The second-order valence-corrected chi connectivity index (χ2v) is 8.14. The molecule has 0 spiro atoms. The minimum absolute atomic E-state index is 0.0170. The van der Waals surface area contributed by atoms with Crippen molar-refractivity contribution >= 4 is 16.0 Å². The summed E-state index contributed by atoms with van der Waals surface area (Å²) in [6.07, 6.45) is 0. The molecule has 0 heterocycles. The molecule has 0 aromatic heterocycles. The first-order valence-corrected chi connectivity index (χ1v) is 10.7. The molecular weight excluding hydrogens is 398 g/mol. The Labute approximate surface area is 176 Å². The average molecular weight is 420 g/mol. The first-order valence-electron chi connectivity index (χ1n) is 9.24. The van der Waals surface area contributed by atoms with Crippen LogP contribution >= 0.6 is 0 Å². The number of ether oxygens (including phenoxy) is 1. The Kier molecular flexibility index (Phi) is 6.99. The van der Waals surface area contributed by atoms with E-state index in [1.165, 1.54) is 12.1 Å². The molecule has 0 bridgehead atoms. The Balaban J connectivity index is 1.89. The lowest BCUT2D eigenvalue weighted by molar-refractivity contribution is -0.140. The van der Waals surface area contributed by atoms with Crippen LogP contribution < -0.4 is 4.72 Å². The number of hydrogen-bond donors (Lipinski definition) is 1. The topological polar surface area (TPSA) is 72.5 Å². The van der Waals surface area contributed by atoms with Crippen LogP contribution in [0.4, 0.5) is 0 Å². The monoisotopic (exact) mass is 419 g/mol. The molecule has 0 aliphatic heterocycles. The van der Waals surface area contributed by atoms with Gasteiger partial charge in [0.1, 0.15) is 12.2 Å². The summed E-state index contributed by atoms with van der Waals surface area (Å²) in [6.45, 7) is 3.64. The van der Waals surface area contributed by atoms with E-state index < -0.39 is 22.0 Å². The Hall–Kier alpha value is -3.44. The van der Waals surface area contributed by atoms with Crippen LogP contribution in [0.25, 0.3) is 0 Å². The number of esters is 1. The molecule has 0 saturated heterocycles.